The monoisotopic (exact) mass is 381 g/mol. The third-order valence-corrected chi connectivity index (χ3v) is 4.87. The van der Waals surface area contributed by atoms with Crippen molar-refractivity contribution < 1.29 is 9.47 Å². The number of hydrogen-bond donors (Lipinski definition) is 1. The van der Waals surface area contributed by atoms with Crippen LogP contribution in [0.15, 0.2) is 78.9 Å². The molecule has 0 heterocycles. The molecule has 1 N–H and O–H groups in total. The third kappa shape index (κ3) is 4.44. The van der Waals surface area contributed by atoms with Gasteiger partial charge in [-0.1, -0.05) is 54.6 Å². The zero-order valence-electron chi connectivity index (χ0n) is 15.3. The first-order chi connectivity index (χ1) is 12.8. The summed E-state index contributed by atoms with van der Waals surface area (Å²) >= 11 is 0. The van der Waals surface area contributed by atoms with Crippen molar-refractivity contribution in [2.75, 3.05) is 7.05 Å². The maximum absolute atomic E-state index is 6.31. The molecular formula is C23H24ClNO2. The lowest BCUT2D eigenvalue weighted by molar-refractivity contribution is 0.172. The molecule has 1 aliphatic carbocycles. The minimum Gasteiger partial charge on any atom is -0.489 e. The Morgan fingerprint density at radius 1 is 0.852 bits per heavy atom. The fraction of sp³-hybridized carbons (Fsp3) is 0.217. The lowest BCUT2D eigenvalue weighted by Gasteiger charge is -2.22. The van der Waals surface area contributed by atoms with Gasteiger partial charge in [0.15, 0.2) is 0 Å². The van der Waals surface area contributed by atoms with Crippen LogP contribution in [0.3, 0.4) is 0 Å². The molecule has 0 spiro atoms. The highest BCUT2D eigenvalue weighted by molar-refractivity contribution is 5.85. The number of ether oxygens (including phenoxy) is 2. The molecule has 140 valence electrons. The summed E-state index contributed by atoms with van der Waals surface area (Å²) in [4.78, 5) is 0. The molecule has 27 heavy (non-hydrogen) atoms. The first kappa shape index (κ1) is 19.3. The van der Waals surface area contributed by atoms with Crippen molar-refractivity contribution in [2.24, 2.45) is 0 Å². The van der Waals surface area contributed by atoms with E-state index in [0.29, 0.717) is 12.6 Å². The van der Waals surface area contributed by atoms with E-state index in [9.17, 15) is 0 Å². The predicted molar refractivity (Wildman–Crippen MR) is 111 cm³/mol. The Hall–Kier alpha value is -2.49. The largest absolute Gasteiger partial charge is 0.489 e. The van der Waals surface area contributed by atoms with Crippen molar-refractivity contribution in [2.45, 2.75) is 25.2 Å². The first-order valence-electron chi connectivity index (χ1n) is 9.02. The molecule has 4 rings (SSSR count). The zero-order chi connectivity index (χ0) is 17.8. The van der Waals surface area contributed by atoms with Gasteiger partial charge in [-0.05, 0) is 54.4 Å². The van der Waals surface area contributed by atoms with Crippen LogP contribution in [-0.2, 0) is 13.0 Å². The van der Waals surface area contributed by atoms with Crippen LogP contribution in [0, 0.1) is 0 Å². The van der Waals surface area contributed by atoms with Crippen LogP contribution in [-0.4, -0.2) is 13.1 Å². The number of hydrogen-bond acceptors (Lipinski definition) is 3. The average Bonchev–Trinajstić information content (AvgIpc) is 3.06. The average molecular weight is 382 g/mol. The van der Waals surface area contributed by atoms with Gasteiger partial charge in [0, 0.05) is 0 Å². The number of fused-ring (bicyclic) bond motifs is 1. The van der Waals surface area contributed by atoms with Gasteiger partial charge >= 0.3 is 0 Å². The number of nitrogens with one attached hydrogen (secondary N) is 1. The van der Waals surface area contributed by atoms with E-state index in [1.54, 1.807) is 0 Å². The molecule has 2 atom stereocenters. The summed E-state index contributed by atoms with van der Waals surface area (Å²) in [6.45, 7) is 0.568. The maximum Gasteiger partial charge on any atom is 0.140 e. The van der Waals surface area contributed by atoms with Gasteiger partial charge in [-0.3, -0.25) is 0 Å². The van der Waals surface area contributed by atoms with Crippen LogP contribution >= 0.6 is 12.4 Å². The summed E-state index contributed by atoms with van der Waals surface area (Å²) < 4.78 is 12.2. The van der Waals surface area contributed by atoms with Gasteiger partial charge in [-0.15, -0.1) is 12.4 Å². The van der Waals surface area contributed by atoms with E-state index >= 15 is 0 Å². The topological polar surface area (TPSA) is 30.5 Å². The summed E-state index contributed by atoms with van der Waals surface area (Å²) in [5.41, 5.74) is 3.79. The van der Waals surface area contributed by atoms with Crippen LogP contribution < -0.4 is 14.8 Å². The van der Waals surface area contributed by atoms with Gasteiger partial charge in [0.25, 0.3) is 0 Å². The second kappa shape index (κ2) is 8.94. The van der Waals surface area contributed by atoms with E-state index in [0.717, 1.165) is 23.5 Å². The number of rotatable bonds is 6. The highest BCUT2D eigenvalue weighted by atomic mass is 35.5. The Morgan fingerprint density at radius 2 is 1.52 bits per heavy atom. The molecule has 3 nitrogen and oxygen atoms in total. The van der Waals surface area contributed by atoms with Crippen LogP contribution in [0.1, 0.15) is 22.8 Å². The van der Waals surface area contributed by atoms with E-state index in [4.69, 9.17) is 9.47 Å². The van der Waals surface area contributed by atoms with Crippen LogP contribution in [0.5, 0.6) is 11.5 Å². The Bertz CT molecular complexity index is 852. The molecule has 0 amide bonds. The second-order valence-electron chi connectivity index (χ2n) is 6.58. The van der Waals surface area contributed by atoms with Gasteiger partial charge in [0.05, 0.1) is 6.04 Å². The Morgan fingerprint density at radius 3 is 2.26 bits per heavy atom. The number of halogens is 1. The molecule has 0 bridgehead atoms. The van der Waals surface area contributed by atoms with Gasteiger partial charge in [0.1, 0.15) is 24.2 Å². The fourth-order valence-corrected chi connectivity index (χ4v) is 3.46. The van der Waals surface area contributed by atoms with E-state index in [-0.39, 0.29) is 18.5 Å². The lowest BCUT2D eigenvalue weighted by Crippen LogP contribution is -2.32. The second-order valence-corrected chi connectivity index (χ2v) is 6.58. The minimum absolute atomic E-state index is 0. The predicted octanol–water partition coefficient (Wildman–Crippen LogP) is 4.95. The molecule has 0 saturated heterocycles. The highest BCUT2D eigenvalue weighted by Gasteiger charge is 2.32. The molecular weight excluding hydrogens is 358 g/mol. The molecule has 0 saturated carbocycles. The Labute approximate surface area is 166 Å². The quantitative estimate of drug-likeness (QED) is 0.655. The van der Waals surface area contributed by atoms with Crippen molar-refractivity contribution in [1.82, 2.24) is 5.32 Å². The van der Waals surface area contributed by atoms with Crippen LogP contribution in [0.4, 0.5) is 0 Å². The number of benzene rings is 3. The zero-order valence-corrected chi connectivity index (χ0v) is 16.1. The van der Waals surface area contributed by atoms with Gasteiger partial charge < -0.3 is 14.8 Å². The molecule has 0 aliphatic heterocycles. The lowest BCUT2D eigenvalue weighted by atomic mass is 10.1. The summed E-state index contributed by atoms with van der Waals surface area (Å²) in [6.07, 6.45) is 1.03. The van der Waals surface area contributed by atoms with E-state index in [1.807, 2.05) is 49.5 Å². The van der Waals surface area contributed by atoms with E-state index in [1.165, 1.54) is 11.1 Å². The van der Waals surface area contributed by atoms with Crippen LogP contribution in [0.2, 0.25) is 0 Å². The van der Waals surface area contributed by atoms with Crippen molar-refractivity contribution >= 4 is 12.4 Å². The standard InChI is InChI=1S/C23H23NO2.ClH/c1-24-22-15-18-9-5-6-10-21(18)23(22)26-20-13-11-19(12-14-20)25-16-17-7-3-2-4-8-17;/h2-14,22-24H,15-16H2,1H3;1H. The molecule has 4 heteroatoms. The third-order valence-electron chi connectivity index (χ3n) is 4.87. The maximum atomic E-state index is 6.31. The van der Waals surface area contributed by atoms with Crippen LogP contribution in [0.25, 0.3) is 0 Å². The minimum atomic E-state index is 0. The van der Waals surface area contributed by atoms with Crippen molar-refractivity contribution in [1.29, 1.82) is 0 Å². The summed E-state index contributed by atoms with van der Waals surface area (Å²) in [6, 6.07) is 26.9. The normalized spacial score (nSPS) is 17.7. The smallest absolute Gasteiger partial charge is 0.140 e. The molecule has 0 radical (unpaired) electrons. The van der Waals surface area contributed by atoms with Crippen molar-refractivity contribution in [3.05, 3.63) is 95.6 Å². The van der Waals surface area contributed by atoms with Crippen molar-refractivity contribution in [3.63, 3.8) is 0 Å². The highest BCUT2D eigenvalue weighted by Crippen LogP contribution is 2.35. The molecule has 3 aromatic carbocycles. The van der Waals surface area contributed by atoms with E-state index in [2.05, 4.69) is 41.7 Å². The Balaban J connectivity index is 0.00000210. The molecule has 2 unspecified atom stereocenters. The number of likely N-dealkylation sites (N-methyl/N-ethyl adjacent to an activating group) is 1. The van der Waals surface area contributed by atoms with Gasteiger partial charge in [-0.25, -0.2) is 0 Å². The fourth-order valence-electron chi connectivity index (χ4n) is 3.46. The van der Waals surface area contributed by atoms with Gasteiger partial charge in [0.2, 0.25) is 0 Å². The molecule has 0 aromatic heterocycles. The van der Waals surface area contributed by atoms with E-state index < -0.39 is 0 Å². The summed E-state index contributed by atoms with van der Waals surface area (Å²) in [5, 5.41) is 3.38. The van der Waals surface area contributed by atoms with Gasteiger partial charge in [-0.2, -0.15) is 0 Å². The summed E-state index contributed by atoms with van der Waals surface area (Å²) in [5.74, 6) is 1.71. The molecule has 1 aliphatic rings. The molecule has 3 aromatic rings. The Kier molecular flexibility index (Phi) is 6.38. The van der Waals surface area contributed by atoms with Crippen molar-refractivity contribution in [3.8, 4) is 11.5 Å². The molecule has 0 fully saturated rings. The SMILES string of the molecule is CNC1Cc2ccccc2C1Oc1ccc(OCc2ccccc2)cc1.Cl. The summed E-state index contributed by atoms with van der Waals surface area (Å²) in [7, 11) is 1.99. The first-order valence-corrected chi connectivity index (χ1v) is 9.02.